The lowest BCUT2D eigenvalue weighted by Crippen LogP contribution is -2.13. The monoisotopic (exact) mass is 397 g/mol. The van der Waals surface area contributed by atoms with Gasteiger partial charge in [0.05, 0.1) is 9.92 Å². The fourth-order valence-electron chi connectivity index (χ4n) is 3.33. The summed E-state index contributed by atoms with van der Waals surface area (Å²) in [6, 6.07) is 18.2. The number of hydrogen-bond donors (Lipinski definition) is 1. The molecule has 0 radical (unpaired) electrons. The first-order valence-electron chi connectivity index (χ1n) is 8.35. The summed E-state index contributed by atoms with van der Waals surface area (Å²) in [5.41, 5.74) is 5.67. The van der Waals surface area contributed by atoms with Gasteiger partial charge in [-0.15, -0.1) is 0 Å². The number of amides is 1. The number of halogens is 1. The highest BCUT2D eigenvalue weighted by Gasteiger charge is 2.19. The van der Waals surface area contributed by atoms with E-state index in [1.807, 2.05) is 30.3 Å². The van der Waals surface area contributed by atoms with Gasteiger partial charge in [0.1, 0.15) is 0 Å². The normalized spacial score (nSPS) is 12.4. The van der Waals surface area contributed by atoms with E-state index in [0.29, 0.717) is 5.69 Å². The van der Waals surface area contributed by atoms with Gasteiger partial charge >= 0.3 is 0 Å². The lowest BCUT2D eigenvalue weighted by Gasteiger charge is -2.09. The molecule has 0 unspecified atom stereocenters. The number of rotatable bonds is 3. The molecule has 1 N–H and O–H groups in total. The summed E-state index contributed by atoms with van der Waals surface area (Å²) in [6.45, 7) is 0. The maximum atomic E-state index is 12.6. The maximum Gasteiger partial charge on any atom is 0.255 e. The van der Waals surface area contributed by atoms with Crippen LogP contribution in [0.1, 0.15) is 21.5 Å². The zero-order chi connectivity index (χ0) is 19.2. The van der Waals surface area contributed by atoms with E-state index in [1.54, 1.807) is 0 Å². The molecular weight excluding hydrogens is 382 g/mol. The Balaban J connectivity index is 1.64. The molecule has 0 bridgehead atoms. The summed E-state index contributed by atoms with van der Waals surface area (Å²) in [6.07, 6.45) is 1.95. The number of carbonyl (C=O) groups excluding carboxylic acids is 1. The van der Waals surface area contributed by atoms with Crippen LogP contribution in [-0.4, -0.2) is 20.6 Å². The van der Waals surface area contributed by atoms with Crippen LogP contribution in [0.15, 0.2) is 65.6 Å². The van der Waals surface area contributed by atoms with Gasteiger partial charge in [-0.05, 0) is 59.0 Å². The van der Waals surface area contributed by atoms with Crippen molar-refractivity contribution in [2.24, 2.45) is 0 Å². The molecule has 0 heterocycles. The molecule has 3 aromatic rings. The second-order valence-corrected chi connectivity index (χ2v) is 8.97. The third kappa shape index (κ3) is 3.36. The SMILES string of the molecule is CS(=O)(=O)c1cc(C(=O)Nc2ccc3c(c2)-c2ccccc2C3)ccc1Cl. The summed E-state index contributed by atoms with van der Waals surface area (Å²) in [5.74, 6) is -0.386. The Kier molecular flexibility index (Phi) is 4.29. The van der Waals surface area contributed by atoms with E-state index >= 15 is 0 Å². The van der Waals surface area contributed by atoms with Crippen molar-refractivity contribution in [1.82, 2.24) is 0 Å². The van der Waals surface area contributed by atoms with Crippen LogP contribution in [0, 0.1) is 0 Å². The molecular formula is C21H16ClNO3S. The Labute approximate surface area is 162 Å². The van der Waals surface area contributed by atoms with Gasteiger partial charge in [0.25, 0.3) is 5.91 Å². The Hall–Kier alpha value is -2.63. The van der Waals surface area contributed by atoms with Crippen LogP contribution in [0.2, 0.25) is 5.02 Å². The van der Waals surface area contributed by atoms with Crippen LogP contribution < -0.4 is 5.32 Å². The van der Waals surface area contributed by atoms with Crippen LogP contribution in [0.3, 0.4) is 0 Å². The molecule has 6 heteroatoms. The minimum Gasteiger partial charge on any atom is -0.322 e. The van der Waals surface area contributed by atoms with E-state index in [-0.39, 0.29) is 21.4 Å². The van der Waals surface area contributed by atoms with Crippen molar-refractivity contribution in [3.63, 3.8) is 0 Å². The number of nitrogens with one attached hydrogen (secondary N) is 1. The third-order valence-corrected chi connectivity index (χ3v) is 6.23. The number of benzene rings is 3. The molecule has 3 aromatic carbocycles. The molecule has 1 amide bonds. The van der Waals surface area contributed by atoms with Gasteiger partial charge in [0, 0.05) is 17.5 Å². The standard InChI is InChI=1S/C21H16ClNO3S/c1-27(25,26)20-11-15(7-9-19(20)22)21(24)23-16-8-6-14-10-13-4-2-3-5-17(13)18(14)12-16/h2-9,11-12H,10H2,1H3,(H,23,24). The molecule has 4 rings (SSSR count). The van der Waals surface area contributed by atoms with Crippen LogP contribution in [0.25, 0.3) is 11.1 Å². The highest BCUT2D eigenvalue weighted by Crippen LogP contribution is 2.37. The van der Waals surface area contributed by atoms with E-state index in [4.69, 9.17) is 11.6 Å². The van der Waals surface area contributed by atoms with Crippen molar-refractivity contribution in [1.29, 1.82) is 0 Å². The zero-order valence-electron chi connectivity index (χ0n) is 14.5. The molecule has 1 aliphatic carbocycles. The molecule has 0 fully saturated rings. The van der Waals surface area contributed by atoms with Gasteiger partial charge in [0.15, 0.2) is 9.84 Å². The molecule has 0 aliphatic heterocycles. The highest BCUT2D eigenvalue weighted by atomic mass is 35.5. The molecule has 136 valence electrons. The minimum atomic E-state index is -3.52. The fraction of sp³-hybridized carbons (Fsp3) is 0.0952. The van der Waals surface area contributed by atoms with Gasteiger partial charge in [0.2, 0.25) is 0 Å². The third-order valence-electron chi connectivity index (χ3n) is 4.65. The number of hydrogen-bond acceptors (Lipinski definition) is 3. The van der Waals surface area contributed by atoms with Crippen molar-refractivity contribution < 1.29 is 13.2 Å². The van der Waals surface area contributed by atoms with Crippen molar-refractivity contribution in [2.75, 3.05) is 11.6 Å². The van der Waals surface area contributed by atoms with Crippen LogP contribution in [0.4, 0.5) is 5.69 Å². The highest BCUT2D eigenvalue weighted by molar-refractivity contribution is 7.90. The maximum absolute atomic E-state index is 12.6. The predicted octanol–water partition coefficient (Wildman–Crippen LogP) is 4.57. The molecule has 0 saturated carbocycles. The van der Waals surface area contributed by atoms with E-state index in [9.17, 15) is 13.2 Å². The average Bonchev–Trinajstić information content (AvgIpc) is 2.99. The van der Waals surface area contributed by atoms with Gasteiger partial charge in [-0.2, -0.15) is 0 Å². The smallest absolute Gasteiger partial charge is 0.255 e. The molecule has 0 aromatic heterocycles. The molecule has 0 saturated heterocycles. The van der Waals surface area contributed by atoms with Crippen LogP contribution in [-0.2, 0) is 16.3 Å². The topological polar surface area (TPSA) is 63.2 Å². The molecule has 0 spiro atoms. The van der Waals surface area contributed by atoms with Gasteiger partial charge in [-0.3, -0.25) is 4.79 Å². The van der Waals surface area contributed by atoms with Gasteiger partial charge in [-0.1, -0.05) is 41.9 Å². The number of anilines is 1. The second kappa shape index (κ2) is 6.51. The minimum absolute atomic E-state index is 0.0558. The van der Waals surface area contributed by atoms with E-state index in [2.05, 4.69) is 17.4 Å². The predicted molar refractivity (Wildman–Crippen MR) is 107 cm³/mol. The quantitative estimate of drug-likeness (QED) is 0.551. The van der Waals surface area contributed by atoms with Crippen molar-refractivity contribution in [3.05, 3.63) is 82.4 Å². The average molecular weight is 398 g/mol. The summed E-state index contributed by atoms with van der Waals surface area (Å²) in [4.78, 5) is 12.5. The molecule has 4 nitrogen and oxygen atoms in total. The molecule has 1 aliphatic rings. The second-order valence-electron chi connectivity index (χ2n) is 6.58. The van der Waals surface area contributed by atoms with Crippen LogP contribution in [0.5, 0.6) is 0 Å². The van der Waals surface area contributed by atoms with Crippen molar-refractivity contribution in [3.8, 4) is 11.1 Å². The molecule has 0 atom stereocenters. The van der Waals surface area contributed by atoms with Crippen LogP contribution >= 0.6 is 11.6 Å². The first-order chi connectivity index (χ1) is 12.8. The van der Waals surface area contributed by atoms with Gasteiger partial charge in [-0.25, -0.2) is 8.42 Å². The van der Waals surface area contributed by atoms with E-state index in [0.717, 1.165) is 18.2 Å². The fourth-order valence-corrected chi connectivity index (χ4v) is 4.63. The van der Waals surface area contributed by atoms with Crippen molar-refractivity contribution in [2.45, 2.75) is 11.3 Å². The van der Waals surface area contributed by atoms with Gasteiger partial charge < -0.3 is 5.32 Å². The van der Waals surface area contributed by atoms with E-state index in [1.165, 1.54) is 34.9 Å². The largest absolute Gasteiger partial charge is 0.322 e. The van der Waals surface area contributed by atoms with Crippen molar-refractivity contribution >= 4 is 33.0 Å². The lowest BCUT2D eigenvalue weighted by atomic mass is 10.1. The first-order valence-corrected chi connectivity index (χ1v) is 10.6. The summed E-state index contributed by atoms with van der Waals surface area (Å²) < 4.78 is 23.6. The Morgan fingerprint density at radius 2 is 1.70 bits per heavy atom. The Bertz CT molecular complexity index is 1190. The number of sulfone groups is 1. The summed E-state index contributed by atoms with van der Waals surface area (Å²) >= 11 is 5.95. The summed E-state index contributed by atoms with van der Waals surface area (Å²) in [5, 5.41) is 2.94. The zero-order valence-corrected chi connectivity index (χ0v) is 16.1. The number of fused-ring (bicyclic) bond motifs is 3. The molecule has 27 heavy (non-hydrogen) atoms. The van der Waals surface area contributed by atoms with E-state index < -0.39 is 9.84 Å². The first kappa shape index (κ1) is 17.8. The lowest BCUT2D eigenvalue weighted by molar-refractivity contribution is 0.102. The summed E-state index contributed by atoms with van der Waals surface area (Å²) in [7, 11) is -3.52. The Morgan fingerprint density at radius 3 is 2.48 bits per heavy atom. The Morgan fingerprint density at radius 1 is 0.963 bits per heavy atom. The number of carbonyl (C=O) groups is 1.